The van der Waals surface area contributed by atoms with Gasteiger partial charge in [-0.25, -0.2) is 0 Å². The van der Waals surface area contributed by atoms with Crippen LogP contribution >= 0.6 is 0 Å². The molecule has 0 spiro atoms. The molecule has 23 heavy (non-hydrogen) atoms. The van der Waals surface area contributed by atoms with Gasteiger partial charge in [0.05, 0.1) is 0 Å². The lowest BCUT2D eigenvalue weighted by Gasteiger charge is -2.38. The Hall–Kier alpha value is -1.94. The molecule has 2 aliphatic heterocycles. The van der Waals surface area contributed by atoms with Crippen molar-refractivity contribution in [1.82, 2.24) is 15.2 Å². The molecule has 0 radical (unpaired) electrons. The van der Waals surface area contributed by atoms with E-state index < -0.39 is 0 Å². The van der Waals surface area contributed by atoms with Crippen LogP contribution in [-0.2, 0) is 0 Å². The Morgan fingerprint density at radius 2 is 2.09 bits per heavy atom. The molecule has 1 aromatic heterocycles. The summed E-state index contributed by atoms with van der Waals surface area (Å²) < 4.78 is 0. The van der Waals surface area contributed by atoms with Crippen molar-refractivity contribution in [1.29, 1.82) is 0 Å². The second-order valence-electron chi connectivity index (χ2n) is 6.74. The molecule has 2 atom stereocenters. The number of nitrogens with zero attached hydrogens (tertiary/aromatic N) is 2. The molecule has 2 fully saturated rings. The summed E-state index contributed by atoms with van der Waals surface area (Å²) in [5.41, 5.74) is 0.600. The highest BCUT2D eigenvalue weighted by atomic mass is 16.2. The molecule has 1 amide bonds. The first-order chi connectivity index (χ1) is 11.3. The Morgan fingerprint density at radius 3 is 3.04 bits per heavy atom. The topological polar surface area (TPSA) is 45.2 Å². The maximum atomic E-state index is 13.0. The van der Waals surface area contributed by atoms with E-state index in [0.29, 0.717) is 17.7 Å². The van der Waals surface area contributed by atoms with Crippen LogP contribution in [-0.4, -0.2) is 41.5 Å². The number of likely N-dealkylation sites (tertiary alicyclic amines) is 1. The summed E-state index contributed by atoms with van der Waals surface area (Å²) in [7, 11) is 0. The molecule has 4 nitrogen and oxygen atoms in total. The van der Waals surface area contributed by atoms with E-state index in [9.17, 15) is 4.79 Å². The number of aromatic nitrogens is 1. The van der Waals surface area contributed by atoms with Crippen LogP contribution in [0.2, 0.25) is 0 Å². The maximum absolute atomic E-state index is 13.0. The molecular weight excluding hydrogens is 286 g/mol. The van der Waals surface area contributed by atoms with Gasteiger partial charge in [-0.3, -0.25) is 9.78 Å². The van der Waals surface area contributed by atoms with Crippen molar-refractivity contribution < 1.29 is 4.79 Å². The van der Waals surface area contributed by atoms with Crippen LogP contribution in [0.3, 0.4) is 0 Å². The first-order valence-corrected chi connectivity index (χ1v) is 8.69. The molecule has 3 heterocycles. The number of hydrogen-bond donors (Lipinski definition) is 1. The molecule has 4 heteroatoms. The standard InChI is InChI=1S/C19H23N3O/c23-19(18-16-7-2-1-5-14(16)8-11-21-18)22-12-9-17-15(13-22)6-3-4-10-20-17/h1-2,5,7-8,11,15,17,20H,3-4,6,9-10,12-13H2/t15-,17-/m1/s1. The normalized spacial score (nSPS) is 25.0. The molecule has 4 rings (SSSR count). The number of carbonyl (C=O) groups excluding carboxylic acids is 1. The molecule has 0 unspecified atom stereocenters. The zero-order valence-electron chi connectivity index (χ0n) is 13.4. The predicted molar refractivity (Wildman–Crippen MR) is 91.4 cm³/mol. The molecule has 120 valence electrons. The summed E-state index contributed by atoms with van der Waals surface area (Å²) in [5.74, 6) is 0.676. The lowest BCUT2D eigenvalue weighted by atomic mass is 9.89. The fraction of sp³-hybridized carbons (Fsp3) is 0.474. The molecule has 2 aromatic rings. The largest absolute Gasteiger partial charge is 0.337 e. The Bertz CT molecular complexity index is 709. The molecule has 0 aliphatic carbocycles. The molecule has 0 saturated carbocycles. The molecule has 2 aliphatic rings. The van der Waals surface area contributed by atoms with Crippen molar-refractivity contribution in [3.63, 3.8) is 0 Å². The first kappa shape index (κ1) is 14.6. The number of nitrogens with one attached hydrogen (secondary N) is 1. The zero-order chi connectivity index (χ0) is 15.6. The first-order valence-electron chi connectivity index (χ1n) is 8.69. The van der Waals surface area contributed by atoms with Gasteiger partial charge in [0.2, 0.25) is 0 Å². The zero-order valence-corrected chi connectivity index (χ0v) is 13.4. The van der Waals surface area contributed by atoms with E-state index >= 15 is 0 Å². The summed E-state index contributed by atoms with van der Waals surface area (Å²) >= 11 is 0. The van der Waals surface area contributed by atoms with Crippen LogP contribution < -0.4 is 5.32 Å². The van der Waals surface area contributed by atoms with Crippen LogP contribution in [0.5, 0.6) is 0 Å². The average molecular weight is 309 g/mol. The van der Waals surface area contributed by atoms with Crippen molar-refractivity contribution in [2.75, 3.05) is 19.6 Å². The monoisotopic (exact) mass is 309 g/mol. The highest BCUT2D eigenvalue weighted by Crippen LogP contribution is 2.26. The summed E-state index contributed by atoms with van der Waals surface area (Å²) in [6.45, 7) is 2.82. The number of carbonyl (C=O) groups is 1. The number of rotatable bonds is 1. The fourth-order valence-electron chi connectivity index (χ4n) is 4.04. The van der Waals surface area contributed by atoms with E-state index in [-0.39, 0.29) is 5.91 Å². The second kappa shape index (κ2) is 6.28. The lowest BCUT2D eigenvalue weighted by molar-refractivity contribution is 0.0628. The van der Waals surface area contributed by atoms with Gasteiger partial charge in [0.25, 0.3) is 5.91 Å². The van der Waals surface area contributed by atoms with Gasteiger partial charge in [0, 0.05) is 30.7 Å². The summed E-state index contributed by atoms with van der Waals surface area (Å²) in [6.07, 6.45) is 6.55. The molecule has 1 N–H and O–H groups in total. The number of hydrogen-bond acceptors (Lipinski definition) is 3. The number of piperidine rings is 1. The molecule has 1 aromatic carbocycles. The Kier molecular flexibility index (Phi) is 4.00. The minimum atomic E-state index is 0.0875. The summed E-state index contributed by atoms with van der Waals surface area (Å²) in [4.78, 5) is 19.4. The van der Waals surface area contributed by atoms with Gasteiger partial charge in [-0.1, -0.05) is 30.7 Å². The Morgan fingerprint density at radius 1 is 1.17 bits per heavy atom. The SMILES string of the molecule is O=C(c1nccc2ccccc12)N1CC[C@H]2NCCCC[C@@H]2C1. The number of pyridine rings is 1. The molecular formula is C19H23N3O. The predicted octanol–water partition coefficient (Wildman–Crippen LogP) is 2.84. The van der Waals surface area contributed by atoms with E-state index in [2.05, 4.69) is 10.3 Å². The highest BCUT2D eigenvalue weighted by molar-refractivity contribution is 6.05. The quantitative estimate of drug-likeness (QED) is 0.881. The van der Waals surface area contributed by atoms with Crippen LogP contribution in [0, 0.1) is 5.92 Å². The fourth-order valence-corrected chi connectivity index (χ4v) is 4.04. The van der Waals surface area contributed by atoms with Gasteiger partial charge in [-0.05, 0) is 43.2 Å². The molecule has 2 saturated heterocycles. The van der Waals surface area contributed by atoms with Gasteiger partial charge < -0.3 is 10.2 Å². The number of amides is 1. The van der Waals surface area contributed by atoms with E-state index in [1.165, 1.54) is 19.3 Å². The smallest absolute Gasteiger partial charge is 0.273 e. The third-order valence-electron chi connectivity index (χ3n) is 5.31. The van der Waals surface area contributed by atoms with Crippen LogP contribution in [0.15, 0.2) is 36.5 Å². The summed E-state index contributed by atoms with van der Waals surface area (Å²) in [5, 5.41) is 5.70. The second-order valence-corrected chi connectivity index (χ2v) is 6.74. The third-order valence-corrected chi connectivity index (χ3v) is 5.31. The van der Waals surface area contributed by atoms with Crippen molar-refractivity contribution in [3.8, 4) is 0 Å². The Labute approximate surface area is 136 Å². The van der Waals surface area contributed by atoms with Gasteiger partial charge in [-0.15, -0.1) is 0 Å². The number of benzene rings is 1. The summed E-state index contributed by atoms with van der Waals surface area (Å²) in [6, 6.07) is 10.6. The average Bonchev–Trinajstić information content (AvgIpc) is 2.85. The van der Waals surface area contributed by atoms with Gasteiger partial charge in [0.1, 0.15) is 5.69 Å². The van der Waals surface area contributed by atoms with Crippen molar-refractivity contribution in [2.45, 2.75) is 31.7 Å². The highest BCUT2D eigenvalue weighted by Gasteiger charge is 2.33. The van der Waals surface area contributed by atoms with E-state index in [1.54, 1.807) is 6.20 Å². The minimum Gasteiger partial charge on any atom is -0.337 e. The van der Waals surface area contributed by atoms with Crippen LogP contribution in [0.1, 0.15) is 36.2 Å². The lowest BCUT2D eigenvalue weighted by Crippen LogP contribution is -2.50. The van der Waals surface area contributed by atoms with E-state index in [1.807, 2.05) is 35.2 Å². The van der Waals surface area contributed by atoms with Gasteiger partial charge >= 0.3 is 0 Å². The third kappa shape index (κ3) is 2.83. The van der Waals surface area contributed by atoms with E-state index in [0.717, 1.165) is 36.8 Å². The van der Waals surface area contributed by atoms with Crippen LogP contribution in [0.4, 0.5) is 0 Å². The van der Waals surface area contributed by atoms with Gasteiger partial charge in [0.15, 0.2) is 0 Å². The maximum Gasteiger partial charge on any atom is 0.273 e. The van der Waals surface area contributed by atoms with E-state index in [4.69, 9.17) is 0 Å². The molecule has 0 bridgehead atoms. The van der Waals surface area contributed by atoms with Crippen molar-refractivity contribution >= 4 is 16.7 Å². The minimum absolute atomic E-state index is 0.0875. The van der Waals surface area contributed by atoms with Crippen molar-refractivity contribution in [3.05, 3.63) is 42.2 Å². The Balaban J connectivity index is 1.59. The van der Waals surface area contributed by atoms with Gasteiger partial charge in [-0.2, -0.15) is 0 Å². The van der Waals surface area contributed by atoms with Crippen LogP contribution in [0.25, 0.3) is 10.8 Å². The van der Waals surface area contributed by atoms with Crippen molar-refractivity contribution in [2.24, 2.45) is 5.92 Å². The number of fused-ring (bicyclic) bond motifs is 2.